The third kappa shape index (κ3) is 7.16. The van der Waals surface area contributed by atoms with Crippen LogP contribution in [-0.2, 0) is 6.54 Å². The summed E-state index contributed by atoms with van der Waals surface area (Å²) in [5, 5.41) is 17.1. The van der Waals surface area contributed by atoms with Gasteiger partial charge in [-0.1, -0.05) is 24.3 Å². The number of halogens is 4. The third-order valence-electron chi connectivity index (χ3n) is 9.11. The topological polar surface area (TPSA) is 78.2 Å². The molecule has 0 amide bonds. The minimum absolute atomic E-state index is 0. The maximum Gasteiger partial charge on any atom is 0.390 e. The number of rotatable bonds is 8. The predicted molar refractivity (Wildman–Crippen MR) is 157 cm³/mol. The lowest BCUT2D eigenvalue weighted by Crippen LogP contribution is -2.49. The average Bonchev–Trinajstić information content (AvgIpc) is 3.28. The number of alkyl halides is 3. The number of hydrogen-bond donors (Lipinski definition) is 3. The highest BCUT2D eigenvalue weighted by Gasteiger charge is 2.30. The molecule has 3 fully saturated rings. The van der Waals surface area contributed by atoms with Gasteiger partial charge >= 0.3 is 6.18 Å². The van der Waals surface area contributed by atoms with Gasteiger partial charge in [0.1, 0.15) is 5.65 Å². The number of aliphatic hydroxyl groups is 1. The van der Waals surface area contributed by atoms with Crippen LogP contribution in [0.2, 0.25) is 0 Å². The quantitative estimate of drug-likeness (QED) is 0.307. The number of piperidine rings is 1. The van der Waals surface area contributed by atoms with E-state index >= 15 is 0 Å². The van der Waals surface area contributed by atoms with E-state index in [4.69, 9.17) is 0 Å². The molecule has 3 aromatic rings. The zero-order chi connectivity index (χ0) is 27.7. The molecular weight excluding hydrogens is 553 g/mol. The van der Waals surface area contributed by atoms with Gasteiger partial charge in [0.15, 0.2) is 0 Å². The number of aromatic nitrogens is 3. The van der Waals surface area contributed by atoms with Gasteiger partial charge in [-0.15, -0.1) is 12.4 Å². The summed E-state index contributed by atoms with van der Waals surface area (Å²) < 4.78 is 40.1. The van der Waals surface area contributed by atoms with Crippen LogP contribution in [0.3, 0.4) is 0 Å². The van der Waals surface area contributed by atoms with Crippen LogP contribution in [-0.4, -0.2) is 69.5 Å². The van der Waals surface area contributed by atoms with E-state index in [9.17, 15) is 18.3 Å². The zero-order valence-electron chi connectivity index (χ0n) is 23.2. The first kappa shape index (κ1) is 30.1. The van der Waals surface area contributed by atoms with Crippen molar-refractivity contribution in [3.63, 3.8) is 0 Å². The first-order valence-electron chi connectivity index (χ1n) is 14.7. The standard InChI is InChI=1S/C30H39F3N6O.ClH/c31-30(32,33)11-12-35-29-36-17-26-27(19-39(28(26)37-29)24-5-7-25(40)8-6-24)22-3-1-20(2-4-22)18-38-13-9-21(10-14-38)23-15-34-16-23;/h1-4,17,19,21,23-25,34,40H,5-16,18H2,(H,35,36,37);1H/t24-,25-;. The first-order chi connectivity index (χ1) is 19.3. The highest BCUT2D eigenvalue weighted by molar-refractivity contribution is 5.94. The largest absolute Gasteiger partial charge is 0.393 e. The van der Waals surface area contributed by atoms with Gasteiger partial charge in [0.05, 0.1) is 12.5 Å². The Morgan fingerprint density at radius 3 is 2.32 bits per heavy atom. The average molecular weight is 593 g/mol. The maximum absolute atomic E-state index is 12.7. The van der Waals surface area contributed by atoms with Crippen molar-refractivity contribution in [1.82, 2.24) is 24.8 Å². The molecule has 3 N–H and O–H groups in total. The molecule has 2 aliphatic heterocycles. The van der Waals surface area contributed by atoms with Crippen molar-refractivity contribution in [1.29, 1.82) is 0 Å². The van der Waals surface area contributed by atoms with Crippen molar-refractivity contribution >= 4 is 29.4 Å². The summed E-state index contributed by atoms with van der Waals surface area (Å²) in [7, 11) is 0. The van der Waals surface area contributed by atoms with E-state index in [1.54, 1.807) is 6.20 Å². The van der Waals surface area contributed by atoms with Crippen molar-refractivity contribution in [3.05, 3.63) is 42.2 Å². The summed E-state index contributed by atoms with van der Waals surface area (Å²) in [5.41, 5.74) is 4.10. The summed E-state index contributed by atoms with van der Waals surface area (Å²) >= 11 is 0. The molecule has 1 aromatic carbocycles. The molecule has 1 aliphatic carbocycles. The van der Waals surface area contributed by atoms with Gasteiger partial charge in [-0.3, -0.25) is 4.90 Å². The summed E-state index contributed by atoms with van der Waals surface area (Å²) in [5.74, 6) is 1.94. The van der Waals surface area contributed by atoms with Gasteiger partial charge in [0.25, 0.3) is 0 Å². The molecule has 2 aromatic heterocycles. The van der Waals surface area contributed by atoms with Crippen LogP contribution in [0.1, 0.15) is 56.6 Å². The number of anilines is 1. The van der Waals surface area contributed by atoms with Crippen molar-refractivity contribution < 1.29 is 18.3 Å². The molecule has 4 heterocycles. The highest BCUT2D eigenvalue weighted by atomic mass is 35.5. The van der Waals surface area contributed by atoms with Crippen LogP contribution in [0.4, 0.5) is 19.1 Å². The van der Waals surface area contributed by atoms with E-state index in [0.717, 1.165) is 79.3 Å². The number of fused-ring (bicyclic) bond motifs is 1. The molecule has 3 aliphatic rings. The lowest BCUT2D eigenvalue weighted by molar-refractivity contribution is -0.131. The van der Waals surface area contributed by atoms with Crippen LogP contribution in [0.25, 0.3) is 22.2 Å². The zero-order valence-corrected chi connectivity index (χ0v) is 24.1. The molecule has 1 saturated carbocycles. The normalized spacial score (nSPS) is 22.8. The number of nitrogens with one attached hydrogen (secondary N) is 2. The molecule has 0 spiro atoms. The molecule has 2 saturated heterocycles. The fourth-order valence-corrected chi connectivity index (χ4v) is 6.55. The van der Waals surface area contributed by atoms with E-state index in [1.165, 1.54) is 31.5 Å². The van der Waals surface area contributed by atoms with E-state index < -0.39 is 12.6 Å². The second-order valence-electron chi connectivity index (χ2n) is 11.9. The lowest BCUT2D eigenvalue weighted by Gasteiger charge is -2.40. The van der Waals surface area contributed by atoms with Crippen LogP contribution in [0.5, 0.6) is 0 Å². The molecular formula is C30H40ClF3N6O. The SMILES string of the molecule is Cl.O[C@H]1CC[C@H](n2cc(-c3ccc(CN4CCC(C5CNC5)CC4)cc3)c3cnc(NCCC(F)(F)F)nc32)CC1. The van der Waals surface area contributed by atoms with E-state index in [2.05, 4.69) is 60.5 Å². The summed E-state index contributed by atoms with van der Waals surface area (Å²) in [6, 6.07) is 8.88. The highest BCUT2D eigenvalue weighted by Crippen LogP contribution is 2.37. The number of hydrogen-bond acceptors (Lipinski definition) is 6. The molecule has 6 rings (SSSR count). The van der Waals surface area contributed by atoms with E-state index in [0.29, 0.717) is 0 Å². The summed E-state index contributed by atoms with van der Waals surface area (Å²) in [4.78, 5) is 11.6. The molecule has 0 bridgehead atoms. The molecule has 0 radical (unpaired) electrons. The van der Waals surface area contributed by atoms with Crippen LogP contribution >= 0.6 is 12.4 Å². The smallest absolute Gasteiger partial charge is 0.390 e. The number of aliphatic hydroxyl groups excluding tert-OH is 1. The number of nitrogens with zero attached hydrogens (tertiary/aromatic N) is 4. The van der Waals surface area contributed by atoms with Crippen molar-refractivity contribution in [2.75, 3.05) is 38.0 Å². The lowest BCUT2D eigenvalue weighted by atomic mass is 9.81. The Hall–Kier alpha value is -2.40. The van der Waals surface area contributed by atoms with Crippen molar-refractivity contribution in [3.8, 4) is 11.1 Å². The Labute approximate surface area is 245 Å². The molecule has 11 heteroatoms. The van der Waals surface area contributed by atoms with Gasteiger partial charge in [0.2, 0.25) is 5.95 Å². The predicted octanol–water partition coefficient (Wildman–Crippen LogP) is 5.79. The van der Waals surface area contributed by atoms with Crippen LogP contribution in [0, 0.1) is 11.8 Å². The first-order valence-corrected chi connectivity index (χ1v) is 14.7. The fraction of sp³-hybridized carbons (Fsp3) is 0.600. The second-order valence-corrected chi connectivity index (χ2v) is 11.9. The van der Waals surface area contributed by atoms with Crippen molar-refractivity contribution in [2.45, 2.75) is 69.8 Å². The minimum Gasteiger partial charge on any atom is -0.393 e. The Kier molecular flexibility index (Phi) is 9.43. The number of likely N-dealkylation sites (tertiary alicyclic amines) is 1. The van der Waals surface area contributed by atoms with Gasteiger partial charge in [0, 0.05) is 42.5 Å². The number of benzene rings is 1. The Morgan fingerprint density at radius 1 is 0.976 bits per heavy atom. The summed E-state index contributed by atoms with van der Waals surface area (Å²) in [6.45, 7) is 5.37. The van der Waals surface area contributed by atoms with Gasteiger partial charge < -0.3 is 20.3 Å². The monoisotopic (exact) mass is 592 g/mol. The van der Waals surface area contributed by atoms with Crippen molar-refractivity contribution in [2.24, 2.45) is 11.8 Å². The van der Waals surface area contributed by atoms with E-state index in [1.807, 2.05) is 0 Å². The molecule has 224 valence electrons. The molecule has 41 heavy (non-hydrogen) atoms. The van der Waals surface area contributed by atoms with E-state index in [-0.39, 0.29) is 37.0 Å². The summed E-state index contributed by atoms with van der Waals surface area (Å²) in [6.07, 6.45) is 4.07. The van der Waals surface area contributed by atoms with Crippen LogP contribution < -0.4 is 10.6 Å². The Morgan fingerprint density at radius 2 is 1.68 bits per heavy atom. The van der Waals surface area contributed by atoms with Crippen LogP contribution in [0.15, 0.2) is 36.7 Å². The van der Waals surface area contributed by atoms with Gasteiger partial charge in [-0.25, -0.2) is 4.98 Å². The second kappa shape index (κ2) is 12.9. The molecule has 0 unspecified atom stereocenters. The fourth-order valence-electron chi connectivity index (χ4n) is 6.55. The molecule has 0 atom stereocenters. The van der Waals surface area contributed by atoms with Gasteiger partial charge in [-0.2, -0.15) is 18.2 Å². The Balaban J connectivity index is 0.00000337. The third-order valence-corrected chi connectivity index (χ3v) is 9.11. The maximum atomic E-state index is 12.7. The van der Waals surface area contributed by atoms with Gasteiger partial charge in [-0.05, 0) is 87.7 Å². The Bertz CT molecular complexity index is 1280. The molecule has 7 nitrogen and oxygen atoms in total. The minimum atomic E-state index is -4.23.